The summed E-state index contributed by atoms with van der Waals surface area (Å²) in [6.45, 7) is 2.83. The maximum Gasteiger partial charge on any atom is 0.317 e. The zero-order valence-electron chi connectivity index (χ0n) is 11.6. The predicted molar refractivity (Wildman–Crippen MR) is 71.8 cm³/mol. The highest BCUT2D eigenvalue weighted by Gasteiger charge is 2.34. The second-order valence-corrected chi connectivity index (χ2v) is 5.83. The number of aliphatic carboxylic acids is 1. The Morgan fingerprint density at radius 3 is 2.53 bits per heavy atom. The third-order valence-corrected chi connectivity index (χ3v) is 4.22. The number of carbonyl (C=O) groups excluding carboxylic acids is 1. The molecule has 2 aliphatic rings. The molecule has 0 aromatic carbocycles. The van der Waals surface area contributed by atoms with Crippen molar-refractivity contribution in [3.8, 4) is 0 Å². The third-order valence-electron chi connectivity index (χ3n) is 4.22. The molecular formula is C14H24N2O3. The number of likely N-dealkylation sites (N-methyl/N-ethyl adjacent to an activating group) is 1. The third kappa shape index (κ3) is 4.49. The molecule has 0 bridgehead atoms. The second-order valence-electron chi connectivity index (χ2n) is 5.83. The maximum atomic E-state index is 11.7. The van der Waals surface area contributed by atoms with Crippen LogP contribution in [-0.2, 0) is 9.59 Å². The molecule has 0 heterocycles. The van der Waals surface area contributed by atoms with Gasteiger partial charge in [0, 0.05) is 18.5 Å². The molecule has 19 heavy (non-hydrogen) atoms. The fourth-order valence-electron chi connectivity index (χ4n) is 2.72. The molecule has 0 aromatic rings. The molecule has 0 unspecified atom stereocenters. The number of hydrogen-bond acceptors (Lipinski definition) is 3. The summed E-state index contributed by atoms with van der Waals surface area (Å²) in [4.78, 5) is 24.4. The molecule has 0 spiro atoms. The van der Waals surface area contributed by atoms with Crippen LogP contribution in [0.3, 0.4) is 0 Å². The lowest BCUT2D eigenvalue weighted by atomic mass is 9.85. The van der Waals surface area contributed by atoms with Crippen LogP contribution in [0.25, 0.3) is 0 Å². The number of amides is 1. The molecule has 2 aliphatic carbocycles. The Morgan fingerprint density at radius 2 is 2.00 bits per heavy atom. The maximum absolute atomic E-state index is 11.7. The lowest BCUT2D eigenvalue weighted by Gasteiger charge is -2.42. The van der Waals surface area contributed by atoms with Gasteiger partial charge in [0.1, 0.15) is 0 Å². The number of carboxylic acid groups (broad SMARTS) is 1. The van der Waals surface area contributed by atoms with Crippen molar-refractivity contribution in [3.05, 3.63) is 0 Å². The first-order valence-electron chi connectivity index (χ1n) is 7.33. The second kappa shape index (κ2) is 6.37. The fourth-order valence-corrected chi connectivity index (χ4v) is 2.72. The summed E-state index contributed by atoms with van der Waals surface area (Å²) in [7, 11) is 0. The zero-order chi connectivity index (χ0) is 13.8. The van der Waals surface area contributed by atoms with Gasteiger partial charge in [-0.15, -0.1) is 0 Å². The summed E-state index contributed by atoms with van der Waals surface area (Å²) >= 11 is 0. The normalized spacial score (nSPS) is 26.0. The average molecular weight is 268 g/mol. The van der Waals surface area contributed by atoms with Crippen LogP contribution in [0.1, 0.15) is 45.4 Å². The van der Waals surface area contributed by atoms with Crippen LogP contribution in [0.5, 0.6) is 0 Å². The first kappa shape index (κ1) is 14.3. The van der Waals surface area contributed by atoms with Gasteiger partial charge in [-0.3, -0.25) is 14.5 Å². The Morgan fingerprint density at radius 1 is 1.32 bits per heavy atom. The first-order valence-corrected chi connectivity index (χ1v) is 7.33. The number of rotatable bonds is 8. The minimum atomic E-state index is -0.779. The van der Waals surface area contributed by atoms with E-state index in [1.807, 2.05) is 11.8 Å². The molecule has 2 fully saturated rings. The van der Waals surface area contributed by atoms with Crippen molar-refractivity contribution < 1.29 is 14.7 Å². The highest BCUT2D eigenvalue weighted by molar-refractivity contribution is 5.76. The van der Waals surface area contributed by atoms with Crippen molar-refractivity contribution in [2.45, 2.75) is 57.5 Å². The van der Waals surface area contributed by atoms with E-state index in [2.05, 4.69) is 5.32 Å². The van der Waals surface area contributed by atoms with Crippen molar-refractivity contribution in [1.82, 2.24) is 10.2 Å². The van der Waals surface area contributed by atoms with Crippen LogP contribution in [0.4, 0.5) is 0 Å². The average Bonchev–Trinajstić information content (AvgIpc) is 3.11. The van der Waals surface area contributed by atoms with Gasteiger partial charge < -0.3 is 10.4 Å². The van der Waals surface area contributed by atoms with Crippen molar-refractivity contribution in [1.29, 1.82) is 0 Å². The van der Waals surface area contributed by atoms with Gasteiger partial charge in [-0.25, -0.2) is 0 Å². The van der Waals surface area contributed by atoms with Crippen LogP contribution in [-0.4, -0.2) is 47.1 Å². The van der Waals surface area contributed by atoms with Crippen LogP contribution in [0, 0.1) is 5.92 Å². The Hall–Kier alpha value is -1.10. The minimum Gasteiger partial charge on any atom is -0.480 e. The standard InChI is InChI=1S/C14H24N2O3/c1-2-16(9-14(18)19)12-7-11(8-12)15-13(17)6-5-10-3-4-10/h10-12H,2-9H2,1H3,(H,15,17)(H,18,19). The van der Waals surface area contributed by atoms with Gasteiger partial charge in [0.25, 0.3) is 0 Å². The van der Waals surface area contributed by atoms with Gasteiger partial charge in [0.05, 0.1) is 6.54 Å². The first-order chi connectivity index (χ1) is 9.08. The van der Waals surface area contributed by atoms with Gasteiger partial charge in [0.2, 0.25) is 5.91 Å². The van der Waals surface area contributed by atoms with Crippen molar-refractivity contribution >= 4 is 11.9 Å². The van der Waals surface area contributed by atoms with E-state index in [1.54, 1.807) is 0 Å². The van der Waals surface area contributed by atoms with Crippen molar-refractivity contribution in [2.75, 3.05) is 13.1 Å². The molecule has 0 aromatic heterocycles. The summed E-state index contributed by atoms with van der Waals surface area (Å²) in [5.41, 5.74) is 0. The van der Waals surface area contributed by atoms with Crippen molar-refractivity contribution in [2.24, 2.45) is 5.92 Å². The number of nitrogens with zero attached hydrogens (tertiary/aromatic N) is 1. The van der Waals surface area contributed by atoms with Crippen LogP contribution in [0.15, 0.2) is 0 Å². The molecule has 5 nitrogen and oxygen atoms in total. The molecule has 5 heteroatoms. The minimum absolute atomic E-state index is 0.101. The molecule has 2 saturated carbocycles. The van der Waals surface area contributed by atoms with Crippen molar-refractivity contribution in [3.63, 3.8) is 0 Å². The van der Waals surface area contributed by atoms with E-state index in [0.717, 1.165) is 31.7 Å². The zero-order valence-corrected chi connectivity index (χ0v) is 11.6. The molecule has 1 amide bonds. The Labute approximate surface area is 114 Å². The lowest BCUT2D eigenvalue weighted by Crippen LogP contribution is -2.54. The fraction of sp³-hybridized carbons (Fsp3) is 0.857. The topological polar surface area (TPSA) is 69.6 Å². The SMILES string of the molecule is CCN(CC(=O)O)C1CC(NC(=O)CCC2CC2)C1. The monoisotopic (exact) mass is 268 g/mol. The predicted octanol–water partition coefficient (Wildman–Crippen LogP) is 1.23. The molecule has 0 radical (unpaired) electrons. The Balaban J connectivity index is 1.61. The van der Waals surface area contributed by atoms with E-state index in [4.69, 9.17) is 5.11 Å². The molecule has 0 saturated heterocycles. The highest BCUT2D eigenvalue weighted by Crippen LogP contribution is 2.33. The smallest absolute Gasteiger partial charge is 0.317 e. The quantitative estimate of drug-likeness (QED) is 0.694. The summed E-state index contributed by atoms with van der Waals surface area (Å²) in [6.07, 6.45) is 6.03. The molecule has 108 valence electrons. The van der Waals surface area contributed by atoms with Crippen LogP contribution >= 0.6 is 0 Å². The van der Waals surface area contributed by atoms with Crippen LogP contribution < -0.4 is 5.32 Å². The van der Waals surface area contributed by atoms with E-state index in [9.17, 15) is 9.59 Å². The summed E-state index contributed by atoms with van der Waals surface area (Å²) in [5.74, 6) is 0.182. The number of nitrogens with one attached hydrogen (secondary N) is 1. The molecule has 2 rings (SSSR count). The van der Waals surface area contributed by atoms with Gasteiger partial charge in [-0.1, -0.05) is 19.8 Å². The van der Waals surface area contributed by atoms with Gasteiger partial charge >= 0.3 is 5.97 Å². The highest BCUT2D eigenvalue weighted by atomic mass is 16.4. The number of carboxylic acids is 1. The molecule has 0 atom stereocenters. The molecular weight excluding hydrogens is 244 g/mol. The van der Waals surface area contributed by atoms with Crippen LogP contribution in [0.2, 0.25) is 0 Å². The van der Waals surface area contributed by atoms with Gasteiger partial charge in [-0.2, -0.15) is 0 Å². The summed E-state index contributed by atoms with van der Waals surface area (Å²) < 4.78 is 0. The summed E-state index contributed by atoms with van der Waals surface area (Å²) in [5, 5.41) is 11.9. The molecule has 0 aliphatic heterocycles. The van der Waals surface area contributed by atoms with E-state index in [1.165, 1.54) is 12.8 Å². The number of carbonyl (C=O) groups is 2. The van der Waals surface area contributed by atoms with E-state index in [-0.39, 0.29) is 18.5 Å². The Kier molecular flexibility index (Phi) is 4.80. The number of hydrogen-bond donors (Lipinski definition) is 2. The lowest BCUT2D eigenvalue weighted by molar-refractivity contribution is -0.139. The van der Waals surface area contributed by atoms with E-state index >= 15 is 0 Å². The van der Waals surface area contributed by atoms with E-state index in [0.29, 0.717) is 12.5 Å². The van der Waals surface area contributed by atoms with Gasteiger partial charge in [0.15, 0.2) is 0 Å². The van der Waals surface area contributed by atoms with Gasteiger partial charge in [-0.05, 0) is 31.7 Å². The Bertz CT molecular complexity index is 336. The molecule has 2 N–H and O–H groups in total. The largest absolute Gasteiger partial charge is 0.480 e. The van der Waals surface area contributed by atoms with E-state index < -0.39 is 5.97 Å². The summed E-state index contributed by atoms with van der Waals surface area (Å²) in [6, 6.07) is 0.564.